The molecule has 28 heavy (non-hydrogen) atoms. The van der Waals surface area contributed by atoms with Crippen molar-refractivity contribution in [3.63, 3.8) is 0 Å². The second-order valence-electron chi connectivity index (χ2n) is 6.94. The molecule has 0 bridgehead atoms. The van der Waals surface area contributed by atoms with Gasteiger partial charge in [-0.3, -0.25) is 4.90 Å². The zero-order valence-electron chi connectivity index (χ0n) is 15.8. The molecular formula is C21H24N4O3. The van der Waals surface area contributed by atoms with Crippen molar-refractivity contribution < 1.29 is 14.4 Å². The molecule has 1 atom stereocenters. The maximum absolute atomic E-state index is 10.4. The maximum atomic E-state index is 10.4. The number of aliphatic hydroxyl groups excluding tert-OH is 1. The number of anilines is 1. The predicted molar refractivity (Wildman–Crippen MR) is 106 cm³/mol. The Morgan fingerprint density at radius 2 is 2.07 bits per heavy atom. The molecule has 146 valence electrons. The van der Waals surface area contributed by atoms with E-state index in [1.807, 2.05) is 24.3 Å². The van der Waals surface area contributed by atoms with E-state index in [9.17, 15) is 5.11 Å². The summed E-state index contributed by atoms with van der Waals surface area (Å²) in [7, 11) is 1.62. The number of rotatable bonds is 7. The fourth-order valence-electron chi connectivity index (χ4n) is 3.45. The highest BCUT2D eigenvalue weighted by Crippen LogP contribution is 2.22. The van der Waals surface area contributed by atoms with Crippen LogP contribution in [0.4, 0.5) is 6.01 Å². The fraction of sp³-hybridized carbons (Fsp3) is 0.333. The summed E-state index contributed by atoms with van der Waals surface area (Å²) in [5.41, 5.74) is 3.56. The lowest BCUT2D eigenvalue weighted by atomic mass is 10.00. The molecule has 7 heteroatoms. The third-order valence-electron chi connectivity index (χ3n) is 4.92. The minimum atomic E-state index is -0.530. The van der Waals surface area contributed by atoms with Crippen molar-refractivity contribution in [3.8, 4) is 17.1 Å². The van der Waals surface area contributed by atoms with Gasteiger partial charge in [-0.15, -0.1) is 0 Å². The molecule has 0 saturated heterocycles. The first kappa shape index (κ1) is 18.5. The van der Waals surface area contributed by atoms with Crippen LogP contribution in [0.3, 0.4) is 0 Å². The Kier molecular flexibility index (Phi) is 5.55. The number of aliphatic hydroxyl groups is 1. The molecule has 0 amide bonds. The van der Waals surface area contributed by atoms with E-state index in [4.69, 9.17) is 9.26 Å². The minimum absolute atomic E-state index is 0.292. The molecule has 7 nitrogen and oxygen atoms in total. The van der Waals surface area contributed by atoms with Gasteiger partial charge < -0.3 is 19.7 Å². The van der Waals surface area contributed by atoms with Crippen LogP contribution in [0.15, 0.2) is 53.1 Å². The Bertz CT molecular complexity index is 927. The van der Waals surface area contributed by atoms with Gasteiger partial charge in [-0.1, -0.05) is 41.6 Å². The van der Waals surface area contributed by atoms with E-state index in [2.05, 4.69) is 44.6 Å². The van der Waals surface area contributed by atoms with Crippen molar-refractivity contribution >= 4 is 6.01 Å². The van der Waals surface area contributed by atoms with Crippen molar-refractivity contribution in [2.24, 2.45) is 0 Å². The number of methoxy groups -OCH3 is 1. The zero-order chi connectivity index (χ0) is 19.3. The highest BCUT2D eigenvalue weighted by Gasteiger charge is 2.19. The van der Waals surface area contributed by atoms with E-state index in [0.29, 0.717) is 24.9 Å². The minimum Gasteiger partial charge on any atom is -0.497 e. The van der Waals surface area contributed by atoms with Crippen molar-refractivity contribution in [3.05, 3.63) is 59.7 Å². The van der Waals surface area contributed by atoms with Gasteiger partial charge in [0.05, 0.1) is 13.2 Å². The van der Waals surface area contributed by atoms with E-state index in [1.54, 1.807) is 7.11 Å². The molecule has 1 aromatic heterocycles. The number of hydrogen-bond donors (Lipinski definition) is 2. The van der Waals surface area contributed by atoms with Crippen LogP contribution < -0.4 is 10.1 Å². The predicted octanol–water partition coefficient (Wildman–Crippen LogP) is 2.58. The van der Waals surface area contributed by atoms with Crippen LogP contribution in [0.5, 0.6) is 5.75 Å². The van der Waals surface area contributed by atoms with Crippen LogP contribution >= 0.6 is 0 Å². The van der Waals surface area contributed by atoms with Crippen LogP contribution in [0, 0.1) is 0 Å². The number of benzene rings is 2. The lowest BCUT2D eigenvalue weighted by molar-refractivity contribution is 0.114. The van der Waals surface area contributed by atoms with Gasteiger partial charge in [-0.05, 0) is 29.7 Å². The summed E-state index contributed by atoms with van der Waals surface area (Å²) in [4.78, 5) is 6.60. The molecule has 0 aliphatic carbocycles. The standard InChI is InChI=1S/C21H24N4O3/c1-27-19-8-4-7-16(11-19)20-23-21(28-24-20)22-12-18(26)14-25-10-9-15-5-2-3-6-17(15)13-25/h2-8,11,18,26H,9-10,12-14H2,1H3,(H,22,23,24). The quantitative estimate of drug-likeness (QED) is 0.652. The average Bonchev–Trinajstić information content (AvgIpc) is 3.21. The molecule has 1 aliphatic heterocycles. The monoisotopic (exact) mass is 380 g/mol. The number of nitrogens with zero attached hydrogens (tertiary/aromatic N) is 3. The second-order valence-corrected chi connectivity index (χ2v) is 6.94. The Labute approximate surface area is 163 Å². The number of nitrogens with one attached hydrogen (secondary N) is 1. The van der Waals surface area contributed by atoms with Crippen LogP contribution in [0.25, 0.3) is 11.4 Å². The maximum Gasteiger partial charge on any atom is 0.321 e. The average molecular weight is 380 g/mol. The molecule has 0 spiro atoms. The van der Waals surface area contributed by atoms with Gasteiger partial charge in [0.25, 0.3) is 0 Å². The molecule has 0 saturated carbocycles. The smallest absolute Gasteiger partial charge is 0.321 e. The summed E-state index contributed by atoms with van der Waals surface area (Å²) in [6, 6.07) is 16.2. The van der Waals surface area contributed by atoms with E-state index < -0.39 is 6.10 Å². The lowest BCUT2D eigenvalue weighted by Crippen LogP contribution is -2.39. The normalized spacial score (nSPS) is 15.1. The van der Waals surface area contributed by atoms with E-state index in [-0.39, 0.29) is 0 Å². The Balaban J connectivity index is 1.29. The molecule has 4 rings (SSSR count). The zero-order valence-corrected chi connectivity index (χ0v) is 15.8. The second kappa shape index (κ2) is 8.41. The van der Waals surface area contributed by atoms with E-state index in [0.717, 1.165) is 30.8 Å². The van der Waals surface area contributed by atoms with E-state index >= 15 is 0 Å². The van der Waals surface area contributed by atoms with Crippen molar-refractivity contribution in [2.45, 2.75) is 19.1 Å². The summed E-state index contributed by atoms with van der Waals surface area (Å²) in [6.45, 7) is 2.76. The van der Waals surface area contributed by atoms with Gasteiger partial charge in [-0.25, -0.2) is 0 Å². The number of β-amino-alcohol motifs (C(OH)–C–C–N with tert-alkyl or cyclic N) is 1. The molecule has 2 aromatic carbocycles. The summed E-state index contributed by atoms with van der Waals surface area (Å²) in [5, 5.41) is 17.4. The third kappa shape index (κ3) is 4.32. The van der Waals surface area contributed by atoms with Crippen LogP contribution in [-0.4, -0.2) is 53.0 Å². The molecule has 1 unspecified atom stereocenters. The first-order valence-corrected chi connectivity index (χ1v) is 9.40. The van der Waals surface area contributed by atoms with Crippen molar-refractivity contribution in [1.29, 1.82) is 0 Å². The molecular weight excluding hydrogens is 356 g/mol. The SMILES string of the molecule is COc1cccc(-c2noc(NCC(O)CN3CCc4ccccc4C3)n2)c1. The van der Waals surface area contributed by atoms with Gasteiger partial charge in [0, 0.05) is 31.7 Å². The summed E-state index contributed by atoms with van der Waals surface area (Å²) >= 11 is 0. The summed E-state index contributed by atoms with van der Waals surface area (Å²) in [5.74, 6) is 1.21. The number of hydrogen-bond acceptors (Lipinski definition) is 7. The topological polar surface area (TPSA) is 83.7 Å². The Morgan fingerprint density at radius 1 is 1.21 bits per heavy atom. The number of aromatic nitrogens is 2. The third-order valence-corrected chi connectivity index (χ3v) is 4.92. The molecule has 2 heterocycles. The molecule has 0 radical (unpaired) electrons. The Morgan fingerprint density at radius 3 is 2.93 bits per heavy atom. The fourth-order valence-corrected chi connectivity index (χ4v) is 3.45. The van der Waals surface area contributed by atoms with Crippen molar-refractivity contribution in [2.75, 3.05) is 32.1 Å². The first-order valence-electron chi connectivity index (χ1n) is 9.40. The highest BCUT2D eigenvalue weighted by molar-refractivity contribution is 5.57. The van der Waals surface area contributed by atoms with Gasteiger partial charge in [-0.2, -0.15) is 4.98 Å². The molecule has 0 fully saturated rings. The first-order chi connectivity index (χ1) is 13.7. The summed E-state index contributed by atoms with van der Waals surface area (Å²) < 4.78 is 10.5. The van der Waals surface area contributed by atoms with Crippen molar-refractivity contribution in [1.82, 2.24) is 15.0 Å². The Hall–Kier alpha value is -2.90. The summed E-state index contributed by atoms with van der Waals surface area (Å²) in [6.07, 6.45) is 0.488. The van der Waals surface area contributed by atoms with Gasteiger partial charge in [0.15, 0.2) is 0 Å². The van der Waals surface area contributed by atoms with Gasteiger partial charge in [0.2, 0.25) is 5.82 Å². The van der Waals surface area contributed by atoms with Crippen LogP contribution in [0.1, 0.15) is 11.1 Å². The molecule has 3 aromatic rings. The van der Waals surface area contributed by atoms with Crippen LogP contribution in [0.2, 0.25) is 0 Å². The number of fused-ring (bicyclic) bond motifs is 1. The number of ether oxygens (including phenoxy) is 1. The van der Waals surface area contributed by atoms with Crippen LogP contribution in [-0.2, 0) is 13.0 Å². The highest BCUT2D eigenvalue weighted by atomic mass is 16.5. The molecule has 1 aliphatic rings. The van der Waals surface area contributed by atoms with E-state index in [1.165, 1.54) is 11.1 Å². The molecule has 2 N–H and O–H groups in total. The lowest BCUT2D eigenvalue weighted by Gasteiger charge is -2.30. The van der Waals surface area contributed by atoms with Gasteiger partial charge in [0.1, 0.15) is 5.75 Å². The van der Waals surface area contributed by atoms with Gasteiger partial charge >= 0.3 is 6.01 Å². The largest absolute Gasteiger partial charge is 0.497 e.